The average molecular weight is 116 g/mol. The lowest BCUT2D eigenvalue weighted by Gasteiger charge is -1.83. The number of ketones is 1. The van der Waals surface area contributed by atoms with Crippen LogP contribution in [-0.2, 0) is 4.79 Å². The molecule has 0 saturated carbocycles. The number of thioether (sulfide) groups is 1. The maximum atomic E-state index is 10.3. The van der Waals surface area contributed by atoms with Crippen LogP contribution < -0.4 is 0 Å². The number of rotatable bonds is 3. The van der Waals surface area contributed by atoms with Crippen LogP contribution in [0.2, 0.25) is 0 Å². The Morgan fingerprint density at radius 3 is 2.71 bits per heavy atom. The fourth-order valence-corrected chi connectivity index (χ4v) is 0.604. The first-order chi connectivity index (χ1) is 3.31. The third kappa shape index (κ3) is 3.59. The lowest BCUT2D eigenvalue weighted by molar-refractivity contribution is -0.112. The lowest BCUT2D eigenvalue weighted by atomic mass is 10.5. The van der Waals surface area contributed by atoms with E-state index >= 15 is 0 Å². The zero-order valence-electron chi connectivity index (χ0n) is 4.31. The van der Waals surface area contributed by atoms with Crippen molar-refractivity contribution in [1.82, 2.24) is 0 Å². The summed E-state index contributed by atoms with van der Waals surface area (Å²) in [5.41, 5.74) is 0. The first-order valence-electron chi connectivity index (χ1n) is 1.95. The summed E-state index contributed by atoms with van der Waals surface area (Å²) in [5.74, 6) is 0.663. The summed E-state index contributed by atoms with van der Waals surface area (Å²) < 4.78 is 0. The van der Waals surface area contributed by atoms with Crippen LogP contribution in [0.4, 0.5) is 0 Å². The molecule has 0 radical (unpaired) electrons. The monoisotopic (exact) mass is 116 g/mol. The van der Waals surface area contributed by atoms with Crippen LogP contribution in [0, 0.1) is 0 Å². The summed E-state index contributed by atoms with van der Waals surface area (Å²) in [6.07, 6.45) is 3.23. The molecule has 0 aromatic rings. The van der Waals surface area contributed by atoms with E-state index in [1.54, 1.807) is 0 Å². The zero-order valence-corrected chi connectivity index (χ0v) is 5.12. The second kappa shape index (κ2) is 3.93. The average Bonchev–Trinajstić information content (AvgIpc) is 1.68. The molecule has 0 aromatic carbocycles. The van der Waals surface area contributed by atoms with Crippen molar-refractivity contribution in [3.05, 3.63) is 12.7 Å². The Bertz CT molecular complexity index is 78.1. The third-order valence-electron chi connectivity index (χ3n) is 0.514. The molecule has 0 aliphatic carbocycles. The van der Waals surface area contributed by atoms with Gasteiger partial charge >= 0.3 is 0 Å². The van der Waals surface area contributed by atoms with Gasteiger partial charge in [0.25, 0.3) is 0 Å². The predicted molar refractivity (Wildman–Crippen MR) is 33.6 cm³/mol. The van der Waals surface area contributed by atoms with E-state index in [1.807, 2.05) is 6.26 Å². The van der Waals surface area contributed by atoms with E-state index in [9.17, 15) is 4.79 Å². The van der Waals surface area contributed by atoms with Gasteiger partial charge in [0.15, 0.2) is 5.78 Å². The normalized spacial score (nSPS) is 8.14. The van der Waals surface area contributed by atoms with E-state index in [1.165, 1.54) is 17.8 Å². The number of carbonyl (C=O) groups excluding carboxylic acids is 1. The molecule has 0 spiro atoms. The van der Waals surface area contributed by atoms with Crippen LogP contribution in [0.25, 0.3) is 0 Å². The third-order valence-corrected chi connectivity index (χ3v) is 1.09. The predicted octanol–water partition coefficient (Wildman–Crippen LogP) is 1.10. The van der Waals surface area contributed by atoms with Crippen LogP contribution >= 0.6 is 11.8 Å². The SMILES string of the molecule is C=CC(=O)CSC. The molecular formula is C5H8OS. The molecule has 2 heteroatoms. The van der Waals surface area contributed by atoms with Gasteiger partial charge in [0, 0.05) is 0 Å². The Kier molecular flexibility index (Phi) is 3.80. The highest BCUT2D eigenvalue weighted by atomic mass is 32.2. The Balaban J connectivity index is 3.17. The van der Waals surface area contributed by atoms with E-state index in [2.05, 4.69) is 6.58 Å². The van der Waals surface area contributed by atoms with Crippen molar-refractivity contribution in [3.63, 3.8) is 0 Å². The second-order valence-corrected chi connectivity index (χ2v) is 1.97. The van der Waals surface area contributed by atoms with Crippen molar-refractivity contribution >= 4 is 17.5 Å². The Morgan fingerprint density at radius 1 is 2.00 bits per heavy atom. The Hall–Kier alpha value is -0.240. The summed E-state index contributed by atoms with van der Waals surface area (Å²) in [7, 11) is 0. The molecule has 0 unspecified atom stereocenters. The first-order valence-corrected chi connectivity index (χ1v) is 3.35. The zero-order chi connectivity index (χ0) is 5.70. The van der Waals surface area contributed by atoms with E-state index in [0.29, 0.717) is 5.75 Å². The fourth-order valence-electron chi connectivity index (χ4n) is 0.201. The molecule has 0 saturated heterocycles. The molecule has 0 aliphatic rings. The van der Waals surface area contributed by atoms with Crippen molar-refractivity contribution in [3.8, 4) is 0 Å². The maximum Gasteiger partial charge on any atom is 0.164 e. The van der Waals surface area contributed by atoms with Crippen molar-refractivity contribution in [2.75, 3.05) is 12.0 Å². The Morgan fingerprint density at radius 2 is 2.57 bits per heavy atom. The summed E-state index contributed by atoms with van der Waals surface area (Å²) in [5, 5.41) is 0. The Labute approximate surface area is 47.8 Å². The van der Waals surface area contributed by atoms with Crippen LogP contribution in [-0.4, -0.2) is 17.8 Å². The molecule has 0 amide bonds. The van der Waals surface area contributed by atoms with E-state index in [-0.39, 0.29) is 5.78 Å². The highest BCUT2D eigenvalue weighted by molar-refractivity contribution is 7.99. The summed E-state index contributed by atoms with van der Waals surface area (Å²) in [6, 6.07) is 0. The lowest BCUT2D eigenvalue weighted by Crippen LogP contribution is -1.92. The molecule has 7 heavy (non-hydrogen) atoms. The molecule has 40 valence electrons. The summed E-state index contributed by atoms with van der Waals surface area (Å²) >= 11 is 1.51. The van der Waals surface area contributed by atoms with Crippen molar-refractivity contribution < 1.29 is 4.79 Å². The fraction of sp³-hybridized carbons (Fsp3) is 0.400. The van der Waals surface area contributed by atoms with Crippen molar-refractivity contribution in [1.29, 1.82) is 0 Å². The molecule has 0 aliphatic heterocycles. The van der Waals surface area contributed by atoms with E-state index < -0.39 is 0 Å². The largest absolute Gasteiger partial charge is 0.294 e. The van der Waals surface area contributed by atoms with Gasteiger partial charge in [0.05, 0.1) is 5.75 Å². The second-order valence-electron chi connectivity index (χ2n) is 1.10. The number of carbonyl (C=O) groups is 1. The molecule has 0 atom stereocenters. The van der Waals surface area contributed by atoms with Gasteiger partial charge in [-0.3, -0.25) is 4.79 Å². The van der Waals surface area contributed by atoms with Gasteiger partial charge in [-0.1, -0.05) is 6.58 Å². The molecule has 0 bridgehead atoms. The van der Waals surface area contributed by atoms with Crippen LogP contribution in [0.5, 0.6) is 0 Å². The first kappa shape index (κ1) is 6.76. The number of allylic oxidation sites excluding steroid dienone is 1. The maximum absolute atomic E-state index is 10.3. The van der Waals surface area contributed by atoms with Gasteiger partial charge in [-0.25, -0.2) is 0 Å². The van der Waals surface area contributed by atoms with Crippen molar-refractivity contribution in [2.24, 2.45) is 0 Å². The number of hydrogen-bond donors (Lipinski definition) is 0. The highest BCUT2D eigenvalue weighted by Crippen LogP contribution is 1.90. The molecule has 0 rings (SSSR count). The van der Waals surface area contributed by atoms with Crippen LogP contribution in [0.3, 0.4) is 0 Å². The molecule has 0 heterocycles. The minimum Gasteiger partial charge on any atom is -0.294 e. The highest BCUT2D eigenvalue weighted by Gasteiger charge is 1.88. The minimum atomic E-state index is 0.104. The number of hydrogen-bond acceptors (Lipinski definition) is 2. The minimum absolute atomic E-state index is 0.104. The van der Waals surface area contributed by atoms with Crippen LogP contribution in [0.15, 0.2) is 12.7 Å². The molecule has 0 fully saturated rings. The van der Waals surface area contributed by atoms with Gasteiger partial charge in [-0.05, 0) is 12.3 Å². The summed E-state index contributed by atoms with van der Waals surface area (Å²) in [6.45, 7) is 3.32. The van der Waals surface area contributed by atoms with E-state index in [4.69, 9.17) is 0 Å². The molecule has 1 nitrogen and oxygen atoms in total. The molecule has 0 N–H and O–H groups in total. The van der Waals surface area contributed by atoms with Gasteiger partial charge in [-0.15, -0.1) is 0 Å². The van der Waals surface area contributed by atoms with Gasteiger partial charge in [0.2, 0.25) is 0 Å². The summed E-state index contributed by atoms with van der Waals surface area (Å²) in [4.78, 5) is 10.3. The van der Waals surface area contributed by atoms with Gasteiger partial charge in [0.1, 0.15) is 0 Å². The molecular weight excluding hydrogens is 108 g/mol. The quantitative estimate of drug-likeness (QED) is 0.514. The smallest absolute Gasteiger partial charge is 0.164 e. The van der Waals surface area contributed by atoms with Crippen molar-refractivity contribution in [2.45, 2.75) is 0 Å². The topological polar surface area (TPSA) is 17.1 Å². The van der Waals surface area contributed by atoms with Gasteiger partial charge in [-0.2, -0.15) is 11.8 Å². The van der Waals surface area contributed by atoms with E-state index in [0.717, 1.165) is 0 Å². The van der Waals surface area contributed by atoms with Crippen LogP contribution in [0.1, 0.15) is 0 Å². The van der Waals surface area contributed by atoms with Gasteiger partial charge < -0.3 is 0 Å². The standard InChI is InChI=1S/C5H8OS/c1-3-5(6)4-7-2/h3H,1,4H2,2H3. The molecule has 0 aromatic heterocycles.